The number of halogens is 3. The summed E-state index contributed by atoms with van der Waals surface area (Å²) in [6.07, 6.45) is 1.38. The number of nitrogens with zero attached hydrogens (tertiary/aromatic N) is 5. The van der Waals surface area contributed by atoms with E-state index in [0.717, 1.165) is 42.3 Å². The molecule has 4 heterocycles. The first-order chi connectivity index (χ1) is 18.7. The van der Waals surface area contributed by atoms with Gasteiger partial charge in [-0.05, 0) is 37.3 Å². The van der Waals surface area contributed by atoms with Crippen LogP contribution < -0.4 is 10.1 Å². The number of allylic oxidation sites excluding steroid dienone is 1. The standard InChI is InChI=1S/C16H22N2O.C7H8N4OS.C3H3F3O/c19-13-17-9-7-16(8-10-17)18-11-6-15(12-18)14-4-2-1-3-5-14;1-8-7-11-4-5(12-2)9-3-10-6(4)13-7;1-2(7)3(4,5)6/h1-5,13,15-16H,6-12H2;3H,1-2H3,(H,8,11);7H,1H2. The van der Waals surface area contributed by atoms with Gasteiger partial charge in [0, 0.05) is 32.7 Å². The van der Waals surface area contributed by atoms with Crippen molar-refractivity contribution in [2.24, 2.45) is 0 Å². The van der Waals surface area contributed by atoms with E-state index in [9.17, 15) is 18.0 Å². The van der Waals surface area contributed by atoms with E-state index in [2.05, 4.69) is 62.1 Å². The van der Waals surface area contributed by atoms with Gasteiger partial charge in [-0.2, -0.15) is 18.2 Å². The molecule has 1 atom stereocenters. The van der Waals surface area contributed by atoms with Crippen LogP contribution in [0.25, 0.3) is 10.3 Å². The number of hydrogen-bond donors (Lipinski definition) is 2. The lowest BCUT2D eigenvalue weighted by Crippen LogP contribution is -2.43. The van der Waals surface area contributed by atoms with Gasteiger partial charge < -0.3 is 20.1 Å². The van der Waals surface area contributed by atoms with Gasteiger partial charge in [0.2, 0.25) is 12.3 Å². The molecule has 0 bridgehead atoms. The van der Waals surface area contributed by atoms with Crippen LogP contribution in [-0.4, -0.2) is 88.8 Å². The van der Waals surface area contributed by atoms with Gasteiger partial charge in [-0.15, -0.1) is 0 Å². The average Bonchev–Trinajstić information content (AvgIpc) is 3.61. The number of thiazole rings is 1. The van der Waals surface area contributed by atoms with E-state index in [0.29, 0.717) is 23.4 Å². The number of rotatable bonds is 5. The molecule has 2 N–H and O–H groups in total. The second kappa shape index (κ2) is 14.1. The highest BCUT2D eigenvalue weighted by molar-refractivity contribution is 7.21. The third-order valence-corrected chi connectivity index (χ3v) is 7.53. The Morgan fingerprint density at radius 3 is 2.41 bits per heavy atom. The first-order valence-electron chi connectivity index (χ1n) is 12.4. The largest absolute Gasteiger partial charge is 0.505 e. The summed E-state index contributed by atoms with van der Waals surface area (Å²) in [4.78, 5) is 28.4. The molecule has 13 heteroatoms. The molecule has 5 rings (SSSR count). The number of anilines is 1. The van der Waals surface area contributed by atoms with E-state index in [1.807, 2.05) is 11.9 Å². The lowest BCUT2D eigenvalue weighted by molar-refractivity contribution is -0.120. The monoisotopic (exact) mass is 566 g/mol. The minimum Gasteiger partial charge on any atom is -0.505 e. The van der Waals surface area contributed by atoms with Crippen LogP contribution in [0.5, 0.6) is 5.88 Å². The number of carbonyl (C=O) groups is 1. The Balaban J connectivity index is 0.000000182. The second-order valence-corrected chi connectivity index (χ2v) is 9.99. The van der Waals surface area contributed by atoms with E-state index < -0.39 is 11.9 Å². The van der Waals surface area contributed by atoms with E-state index in [1.165, 1.54) is 42.7 Å². The topological polar surface area (TPSA) is 104 Å². The molecular weight excluding hydrogens is 533 g/mol. The van der Waals surface area contributed by atoms with Crippen molar-refractivity contribution in [3.8, 4) is 5.88 Å². The maximum absolute atomic E-state index is 10.8. The van der Waals surface area contributed by atoms with Crippen LogP contribution >= 0.6 is 11.3 Å². The highest BCUT2D eigenvalue weighted by Gasteiger charge is 2.32. The Morgan fingerprint density at radius 1 is 1.18 bits per heavy atom. The lowest BCUT2D eigenvalue weighted by atomic mass is 9.98. The predicted octanol–water partition coefficient (Wildman–Crippen LogP) is 4.85. The summed E-state index contributed by atoms with van der Waals surface area (Å²) in [6, 6.07) is 11.6. The normalized spacial score (nSPS) is 18.0. The molecular formula is C26H33F3N6O3S. The number of alkyl halides is 3. The number of amides is 1. The van der Waals surface area contributed by atoms with Crippen molar-refractivity contribution in [2.45, 2.75) is 37.4 Å². The van der Waals surface area contributed by atoms with Gasteiger partial charge in [-0.1, -0.05) is 48.2 Å². The summed E-state index contributed by atoms with van der Waals surface area (Å²) in [5.41, 5.74) is 2.19. The molecule has 0 aliphatic carbocycles. The van der Waals surface area contributed by atoms with Crippen LogP contribution in [0, 0.1) is 0 Å². The molecule has 39 heavy (non-hydrogen) atoms. The smallest absolute Gasteiger partial charge is 0.448 e. The third-order valence-electron chi connectivity index (χ3n) is 6.55. The zero-order valence-electron chi connectivity index (χ0n) is 21.9. The number of benzene rings is 1. The van der Waals surface area contributed by atoms with Crippen LogP contribution in [0.15, 0.2) is 49.0 Å². The highest BCUT2D eigenvalue weighted by Crippen LogP contribution is 2.31. The molecule has 2 aliphatic heterocycles. The van der Waals surface area contributed by atoms with Crippen LogP contribution in [-0.2, 0) is 4.79 Å². The van der Waals surface area contributed by atoms with Crippen LogP contribution in [0.4, 0.5) is 18.3 Å². The van der Waals surface area contributed by atoms with Crippen molar-refractivity contribution in [3.63, 3.8) is 0 Å². The Kier molecular flexibility index (Phi) is 10.9. The second-order valence-electron chi connectivity index (χ2n) is 9.01. The van der Waals surface area contributed by atoms with Gasteiger partial charge in [0.15, 0.2) is 21.2 Å². The Labute approximate surface area is 229 Å². The van der Waals surface area contributed by atoms with Gasteiger partial charge in [-0.3, -0.25) is 9.69 Å². The van der Waals surface area contributed by atoms with E-state index in [-0.39, 0.29) is 0 Å². The number of nitrogens with one attached hydrogen (secondary N) is 1. The van der Waals surface area contributed by atoms with Crippen molar-refractivity contribution in [1.82, 2.24) is 24.8 Å². The Hall–Kier alpha value is -3.45. The first-order valence-corrected chi connectivity index (χ1v) is 13.2. The van der Waals surface area contributed by atoms with Crippen molar-refractivity contribution in [2.75, 3.05) is 45.7 Å². The fraction of sp³-hybridized carbons (Fsp3) is 0.462. The summed E-state index contributed by atoms with van der Waals surface area (Å²) in [6.45, 7) is 6.52. The molecule has 2 fully saturated rings. The lowest BCUT2D eigenvalue weighted by Gasteiger charge is -2.35. The number of ether oxygens (including phenoxy) is 1. The minimum atomic E-state index is -4.64. The zero-order chi connectivity index (χ0) is 28.4. The molecule has 0 spiro atoms. The number of aliphatic hydroxyl groups is 1. The van der Waals surface area contributed by atoms with Gasteiger partial charge in [-0.25, -0.2) is 9.97 Å². The molecule has 9 nitrogen and oxygen atoms in total. The van der Waals surface area contributed by atoms with Crippen LogP contribution in [0.2, 0.25) is 0 Å². The minimum absolute atomic E-state index is 0.516. The number of methoxy groups -OCH3 is 1. The van der Waals surface area contributed by atoms with Crippen molar-refractivity contribution in [1.29, 1.82) is 0 Å². The summed E-state index contributed by atoms with van der Waals surface area (Å²) in [5.74, 6) is -0.541. The maximum atomic E-state index is 10.8. The van der Waals surface area contributed by atoms with Crippen molar-refractivity contribution >= 4 is 33.2 Å². The summed E-state index contributed by atoms with van der Waals surface area (Å²) >= 11 is 1.47. The molecule has 3 aromatic rings. The number of fused-ring (bicyclic) bond motifs is 1. The predicted molar refractivity (Wildman–Crippen MR) is 145 cm³/mol. The number of piperidine rings is 1. The third kappa shape index (κ3) is 8.52. The van der Waals surface area contributed by atoms with E-state index in [4.69, 9.17) is 9.84 Å². The number of carbonyl (C=O) groups excluding carboxylic acids is 1. The Bertz CT molecular complexity index is 1200. The van der Waals surface area contributed by atoms with E-state index in [1.54, 1.807) is 7.11 Å². The molecule has 1 amide bonds. The fourth-order valence-electron chi connectivity index (χ4n) is 4.46. The van der Waals surface area contributed by atoms with Crippen molar-refractivity contribution < 1.29 is 27.8 Å². The van der Waals surface area contributed by atoms with Gasteiger partial charge in [0.05, 0.1) is 7.11 Å². The molecule has 2 aliphatic rings. The maximum Gasteiger partial charge on any atom is 0.448 e. The van der Waals surface area contributed by atoms with E-state index >= 15 is 0 Å². The molecule has 212 valence electrons. The fourth-order valence-corrected chi connectivity index (χ4v) is 5.21. The number of hydrogen-bond acceptors (Lipinski definition) is 9. The molecule has 0 radical (unpaired) electrons. The van der Waals surface area contributed by atoms with Gasteiger partial charge in [0.25, 0.3) is 0 Å². The number of likely N-dealkylation sites (tertiary alicyclic amines) is 2. The average molecular weight is 567 g/mol. The molecule has 2 saturated heterocycles. The quantitative estimate of drug-likeness (QED) is 0.334. The van der Waals surface area contributed by atoms with Crippen LogP contribution in [0.3, 0.4) is 0 Å². The van der Waals surface area contributed by atoms with Gasteiger partial charge in [0.1, 0.15) is 6.33 Å². The van der Waals surface area contributed by atoms with Gasteiger partial charge >= 0.3 is 6.18 Å². The summed E-state index contributed by atoms with van der Waals surface area (Å²) < 4.78 is 37.5. The highest BCUT2D eigenvalue weighted by atomic mass is 32.1. The SMILES string of the molecule is C=C(O)C(F)(F)F.CNc1nc2c(OC)ncnc2s1.O=CN1CCC(N2CCC(c3ccccc3)C2)CC1. The molecule has 2 aromatic heterocycles. The molecule has 0 saturated carbocycles. The summed E-state index contributed by atoms with van der Waals surface area (Å²) in [5, 5.41) is 11.3. The van der Waals surface area contributed by atoms with Crippen molar-refractivity contribution in [3.05, 3.63) is 54.6 Å². The Morgan fingerprint density at radius 2 is 1.85 bits per heavy atom. The molecule has 1 unspecified atom stereocenters. The molecule has 1 aromatic carbocycles. The van der Waals surface area contributed by atoms with Crippen LogP contribution in [0.1, 0.15) is 30.7 Å². The zero-order valence-corrected chi connectivity index (χ0v) is 22.7. The number of aliphatic hydroxyl groups excluding tert-OH is 1. The first kappa shape index (κ1) is 30.1. The number of aromatic nitrogens is 3. The summed E-state index contributed by atoms with van der Waals surface area (Å²) in [7, 11) is 3.39.